The molecule has 3 rings (SSSR count). The first-order chi connectivity index (χ1) is 9.65. The SMILES string of the molecule is CCOC1CC(O)C12CCN(Cc1nnsc1Cl)CC2. The van der Waals surface area contributed by atoms with Gasteiger partial charge in [-0.25, -0.2) is 0 Å². The molecule has 2 aliphatic rings. The zero-order valence-corrected chi connectivity index (χ0v) is 13.2. The Morgan fingerprint density at radius 2 is 2.25 bits per heavy atom. The maximum atomic E-state index is 10.2. The number of ether oxygens (including phenoxy) is 1. The van der Waals surface area contributed by atoms with Crippen molar-refractivity contribution in [1.29, 1.82) is 0 Å². The summed E-state index contributed by atoms with van der Waals surface area (Å²) in [6.07, 6.45) is 2.78. The normalized spacial score (nSPS) is 29.6. The van der Waals surface area contributed by atoms with Gasteiger partial charge in [0.15, 0.2) is 0 Å². The van der Waals surface area contributed by atoms with Crippen molar-refractivity contribution in [3.8, 4) is 0 Å². The number of rotatable bonds is 4. The standard InChI is InChI=1S/C13H20ClN3O2S/c1-2-19-11-7-10(18)13(11)3-5-17(6-4-13)8-9-12(14)20-16-15-9/h10-11,18H,2-8H2,1H3. The number of aliphatic hydroxyl groups excluding tert-OH is 1. The average Bonchev–Trinajstić information content (AvgIpc) is 2.85. The molecule has 0 radical (unpaired) electrons. The van der Waals surface area contributed by atoms with Gasteiger partial charge in [-0.2, -0.15) is 0 Å². The lowest BCUT2D eigenvalue weighted by Gasteiger charge is -2.56. The quantitative estimate of drug-likeness (QED) is 0.919. The molecule has 0 amide bonds. The van der Waals surface area contributed by atoms with Crippen molar-refractivity contribution in [2.45, 2.75) is 44.9 Å². The predicted octanol–water partition coefficient (Wildman–Crippen LogP) is 1.94. The number of halogens is 1. The topological polar surface area (TPSA) is 58.5 Å². The van der Waals surface area contributed by atoms with Gasteiger partial charge >= 0.3 is 0 Å². The summed E-state index contributed by atoms with van der Waals surface area (Å²) in [4.78, 5) is 2.34. The Morgan fingerprint density at radius 1 is 1.50 bits per heavy atom. The Bertz CT molecular complexity index is 460. The number of aliphatic hydroxyl groups is 1. The van der Waals surface area contributed by atoms with E-state index in [0.717, 1.165) is 51.2 Å². The molecular weight excluding hydrogens is 298 g/mol. The highest BCUT2D eigenvalue weighted by Gasteiger charge is 2.55. The first-order valence-electron chi connectivity index (χ1n) is 7.14. The van der Waals surface area contributed by atoms with Gasteiger partial charge in [0.05, 0.1) is 12.2 Å². The van der Waals surface area contributed by atoms with Crippen LogP contribution < -0.4 is 0 Å². The molecule has 2 fully saturated rings. The van der Waals surface area contributed by atoms with Crippen molar-refractivity contribution in [3.63, 3.8) is 0 Å². The Hall–Kier alpha value is -0.270. The molecule has 1 aromatic heterocycles. The van der Waals surface area contributed by atoms with Gasteiger partial charge in [-0.05, 0) is 32.9 Å². The molecule has 1 aromatic rings. The average molecular weight is 318 g/mol. The summed E-state index contributed by atoms with van der Waals surface area (Å²) in [7, 11) is 0. The van der Waals surface area contributed by atoms with Crippen LogP contribution >= 0.6 is 23.1 Å². The number of hydrogen-bond donors (Lipinski definition) is 1. The van der Waals surface area contributed by atoms with E-state index in [1.807, 2.05) is 6.92 Å². The summed E-state index contributed by atoms with van der Waals surface area (Å²) in [5, 5.41) is 14.2. The van der Waals surface area contributed by atoms with Gasteiger partial charge in [0.25, 0.3) is 0 Å². The fourth-order valence-corrected chi connectivity index (χ4v) is 4.06. The second-order valence-electron chi connectivity index (χ2n) is 5.70. The summed E-state index contributed by atoms with van der Waals surface area (Å²) in [5.74, 6) is 0. The van der Waals surface area contributed by atoms with Gasteiger partial charge in [-0.1, -0.05) is 16.1 Å². The smallest absolute Gasteiger partial charge is 0.138 e. The lowest BCUT2D eigenvalue weighted by Crippen LogP contribution is -2.62. The second kappa shape index (κ2) is 5.85. The third-order valence-corrected chi connectivity index (χ3v) is 5.76. The molecule has 1 aliphatic carbocycles. The van der Waals surface area contributed by atoms with Crippen LogP contribution in [0.2, 0.25) is 4.34 Å². The third-order valence-electron chi connectivity index (χ3n) is 4.78. The Balaban J connectivity index is 1.58. The number of aromatic nitrogens is 2. The number of hydrogen-bond acceptors (Lipinski definition) is 6. The van der Waals surface area contributed by atoms with Crippen LogP contribution in [0.1, 0.15) is 31.9 Å². The van der Waals surface area contributed by atoms with Gasteiger partial charge in [0.1, 0.15) is 10.0 Å². The van der Waals surface area contributed by atoms with Gasteiger partial charge in [0.2, 0.25) is 0 Å². The molecule has 2 heterocycles. The summed E-state index contributed by atoms with van der Waals surface area (Å²) in [6.45, 7) is 5.40. The van der Waals surface area contributed by atoms with Crippen LogP contribution in [-0.2, 0) is 11.3 Å². The molecule has 7 heteroatoms. The minimum Gasteiger partial charge on any atom is -0.392 e. The first kappa shape index (κ1) is 14.7. The van der Waals surface area contributed by atoms with Crippen LogP contribution in [0.5, 0.6) is 0 Å². The maximum Gasteiger partial charge on any atom is 0.138 e. The maximum absolute atomic E-state index is 10.2. The van der Waals surface area contributed by atoms with Crippen molar-refractivity contribution < 1.29 is 9.84 Å². The van der Waals surface area contributed by atoms with E-state index in [4.69, 9.17) is 16.3 Å². The van der Waals surface area contributed by atoms with Crippen molar-refractivity contribution in [1.82, 2.24) is 14.5 Å². The molecule has 20 heavy (non-hydrogen) atoms. The Labute approximate surface area is 128 Å². The summed E-state index contributed by atoms with van der Waals surface area (Å²) in [6, 6.07) is 0. The fourth-order valence-electron chi connectivity index (χ4n) is 3.45. The molecule has 1 saturated carbocycles. The highest BCUT2D eigenvalue weighted by Crippen LogP contribution is 2.51. The van der Waals surface area contributed by atoms with Crippen LogP contribution in [0.3, 0.4) is 0 Å². The lowest BCUT2D eigenvalue weighted by molar-refractivity contribution is -0.209. The molecule has 0 aromatic carbocycles. The molecule has 1 N–H and O–H groups in total. The van der Waals surface area contributed by atoms with Crippen molar-refractivity contribution in [2.75, 3.05) is 19.7 Å². The van der Waals surface area contributed by atoms with Gasteiger partial charge in [0, 0.05) is 36.5 Å². The fraction of sp³-hybridized carbons (Fsp3) is 0.846. The predicted molar refractivity (Wildman–Crippen MR) is 77.9 cm³/mol. The van der Waals surface area contributed by atoms with Gasteiger partial charge in [-0.15, -0.1) is 5.10 Å². The zero-order chi connectivity index (χ0) is 14.2. The Kier molecular flexibility index (Phi) is 4.29. The number of piperidine rings is 1. The number of likely N-dealkylation sites (tertiary alicyclic amines) is 1. The third kappa shape index (κ3) is 2.48. The molecule has 2 unspecified atom stereocenters. The van der Waals surface area contributed by atoms with E-state index in [1.165, 1.54) is 11.5 Å². The zero-order valence-electron chi connectivity index (χ0n) is 11.6. The van der Waals surface area contributed by atoms with Crippen LogP contribution in [0.25, 0.3) is 0 Å². The molecule has 1 saturated heterocycles. The second-order valence-corrected chi connectivity index (χ2v) is 7.05. The molecule has 1 aliphatic heterocycles. The summed E-state index contributed by atoms with van der Waals surface area (Å²) < 4.78 is 10.3. The van der Waals surface area contributed by atoms with Gasteiger partial charge in [-0.3, -0.25) is 4.90 Å². The summed E-state index contributed by atoms with van der Waals surface area (Å²) in [5.41, 5.74) is 0.847. The van der Waals surface area contributed by atoms with Crippen LogP contribution in [0.15, 0.2) is 0 Å². The molecule has 0 bridgehead atoms. The molecule has 5 nitrogen and oxygen atoms in total. The summed E-state index contributed by atoms with van der Waals surface area (Å²) >= 11 is 7.28. The van der Waals surface area contributed by atoms with E-state index in [-0.39, 0.29) is 17.6 Å². The first-order valence-corrected chi connectivity index (χ1v) is 8.29. The van der Waals surface area contributed by atoms with Crippen LogP contribution in [0, 0.1) is 5.41 Å². The van der Waals surface area contributed by atoms with Crippen LogP contribution in [0.4, 0.5) is 0 Å². The molecule has 2 atom stereocenters. The van der Waals surface area contributed by atoms with E-state index >= 15 is 0 Å². The molecule has 1 spiro atoms. The monoisotopic (exact) mass is 317 g/mol. The van der Waals surface area contributed by atoms with Gasteiger partial charge < -0.3 is 9.84 Å². The minimum atomic E-state index is -0.203. The van der Waals surface area contributed by atoms with Crippen molar-refractivity contribution in [2.24, 2.45) is 5.41 Å². The highest BCUT2D eigenvalue weighted by molar-refractivity contribution is 7.10. The highest BCUT2D eigenvalue weighted by atomic mass is 35.5. The lowest BCUT2D eigenvalue weighted by atomic mass is 9.58. The van der Waals surface area contributed by atoms with E-state index in [1.54, 1.807) is 0 Å². The van der Waals surface area contributed by atoms with Crippen molar-refractivity contribution in [3.05, 3.63) is 10.0 Å². The minimum absolute atomic E-state index is 0.0172. The largest absolute Gasteiger partial charge is 0.392 e. The number of nitrogens with zero attached hydrogens (tertiary/aromatic N) is 3. The van der Waals surface area contributed by atoms with E-state index in [2.05, 4.69) is 14.5 Å². The van der Waals surface area contributed by atoms with E-state index in [9.17, 15) is 5.11 Å². The van der Waals surface area contributed by atoms with E-state index in [0.29, 0.717) is 4.34 Å². The Morgan fingerprint density at radius 3 is 2.80 bits per heavy atom. The van der Waals surface area contributed by atoms with Crippen LogP contribution in [-0.4, -0.2) is 51.5 Å². The van der Waals surface area contributed by atoms with E-state index < -0.39 is 0 Å². The molecule has 112 valence electrons. The molecular formula is C13H20ClN3O2S. The van der Waals surface area contributed by atoms with Crippen molar-refractivity contribution >= 4 is 23.1 Å².